The average Bonchev–Trinajstić information content (AvgIpc) is 2.89. The van der Waals surface area contributed by atoms with Crippen LogP contribution in [0.4, 0.5) is 14.5 Å². The quantitative estimate of drug-likeness (QED) is 0.506. The van der Waals surface area contributed by atoms with E-state index < -0.39 is 22.2 Å². The number of halogens is 2. The van der Waals surface area contributed by atoms with Gasteiger partial charge in [0.2, 0.25) is 5.82 Å². The SMILES string of the molecule is O=[N+]([O-])c1cc(CNCCc2ccsc2)c(F)cc1F. The summed E-state index contributed by atoms with van der Waals surface area (Å²) in [6, 6.07) is 3.48. The van der Waals surface area contributed by atoms with Crippen LogP contribution < -0.4 is 5.32 Å². The van der Waals surface area contributed by atoms with Crippen LogP contribution in [-0.4, -0.2) is 11.5 Å². The lowest BCUT2D eigenvalue weighted by Gasteiger charge is -2.06. The molecule has 1 heterocycles. The Morgan fingerprint density at radius 3 is 2.75 bits per heavy atom. The van der Waals surface area contributed by atoms with Gasteiger partial charge in [-0.25, -0.2) is 4.39 Å². The van der Waals surface area contributed by atoms with E-state index in [2.05, 4.69) is 5.32 Å². The largest absolute Gasteiger partial charge is 0.312 e. The van der Waals surface area contributed by atoms with Crippen molar-refractivity contribution in [1.82, 2.24) is 5.32 Å². The monoisotopic (exact) mass is 298 g/mol. The van der Waals surface area contributed by atoms with Crippen molar-refractivity contribution in [2.24, 2.45) is 0 Å². The van der Waals surface area contributed by atoms with Gasteiger partial charge in [-0.2, -0.15) is 15.7 Å². The van der Waals surface area contributed by atoms with Crippen LogP contribution in [0.1, 0.15) is 11.1 Å². The molecule has 0 aliphatic rings. The zero-order valence-corrected chi connectivity index (χ0v) is 11.3. The molecule has 0 spiro atoms. The summed E-state index contributed by atoms with van der Waals surface area (Å²) in [5.41, 5.74) is 0.553. The van der Waals surface area contributed by atoms with Gasteiger partial charge in [-0.05, 0) is 35.4 Å². The lowest BCUT2D eigenvalue weighted by molar-refractivity contribution is -0.387. The maximum Gasteiger partial charge on any atom is 0.305 e. The Balaban J connectivity index is 1.95. The summed E-state index contributed by atoms with van der Waals surface area (Å²) in [4.78, 5) is 9.74. The molecule has 106 valence electrons. The van der Waals surface area contributed by atoms with Gasteiger partial charge in [0.1, 0.15) is 5.82 Å². The summed E-state index contributed by atoms with van der Waals surface area (Å²) in [6.07, 6.45) is 0.786. The molecule has 1 N–H and O–H groups in total. The lowest BCUT2D eigenvalue weighted by Crippen LogP contribution is -2.17. The molecule has 0 saturated heterocycles. The molecular formula is C13H12F2N2O2S. The van der Waals surface area contributed by atoms with Crippen molar-refractivity contribution in [1.29, 1.82) is 0 Å². The van der Waals surface area contributed by atoms with E-state index in [0.717, 1.165) is 12.5 Å². The van der Waals surface area contributed by atoms with Crippen molar-refractivity contribution < 1.29 is 13.7 Å². The van der Waals surface area contributed by atoms with E-state index in [9.17, 15) is 18.9 Å². The van der Waals surface area contributed by atoms with Crippen LogP contribution in [0.5, 0.6) is 0 Å². The van der Waals surface area contributed by atoms with E-state index in [-0.39, 0.29) is 12.1 Å². The van der Waals surface area contributed by atoms with Gasteiger partial charge in [-0.1, -0.05) is 0 Å². The molecule has 0 fully saturated rings. The second kappa shape index (κ2) is 6.53. The molecule has 1 aromatic heterocycles. The van der Waals surface area contributed by atoms with Crippen molar-refractivity contribution in [2.45, 2.75) is 13.0 Å². The summed E-state index contributed by atoms with van der Waals surface area (Å²) >= 11 is 1.60. The van der Waals surface area contributed by atoms with Crippen molar-refractivity contribution in [3.63, 3.8) is 0 Å². The zero-order chi connectivity index (χ0) is 14.5. The van der Waals surface area contributed by atoms with Crippen LogP contribution >= 0.6 is 11.3 Å². The molecule has 0 saturated carbocycles. The van der Waals surface area contributed by atoms with Crippen LogP contribution in [0, 0.1) is 21.7 Å². The van der Waals surface area contributed by atoms with Crippen molar-refractivity contribution in [3.05, 3.63) is 61.8 Å². The summed E-state index contributed by atoms with van der Waals surface area (Å²) in [7, 11) is 0. The van der Waals surface area contributed by atoms with Crippen LogP contribution in [-0.2, 0) is 13.0 Å². The molecule has 0 amide bonds. The van der Waals surface area contributed by atoms with E-state index in [1.54, 1.807) is 11.3 Å². The maximum atomic E-state index is 13.5. The third kappa shape index (κ3) is 3.58. The van der Waals surface area contributed by atoms with Crippen LogP contribution in [0.3, 0.4) is 0 Å². The summed E-state index contributed by atoms with van der Waals surface area (Å²) < 4.78 is 26.6. The Bertz CT molecular complexity index is 603. The average molecular weight is 298 g/mol. The Labute approximate surface area is 118 Å². The topological polar surface area (TPSA) is 55.2 Å². The summed E-state index contributed by atoms with van der Waals surface area (Å²) in [6.45, 7) is 0.735. The van der Waals surface area contributed by atoms with E-state index in [4.69, 9.17) is 0 Å². The molecule has 2 rings (SSSR count). The molecule has 0 atom stereocenters. The van der Waals surface area contributed by atoms with Crippen LogP contribution in [0.15, 0.2) is 29.0 Å². The number of nitro benzene ring substituents is 1. The van der Waals surface area contributed by atoms with Gasteiger partial charge < -0.3 is 5.32 Å². The van der Waals surface area contributed by atoms with E-state index in [1.165, 1.54) is 5.56 Å². The van der Waals surface area contributed by atoms with E-state index in [0.29, 0.717) is 12.6 Å². The number of hydrogen-bond donors (Lipinski definition) is 1. The molecule has 7 heteroatoms. The van der Waals surface area contributed by atoms with Gasteiger partial charge >= 0.3 is 5.69 Å². The highest BCUT2D eigenvalue weighted by molar-refractivity contribution is 7.07. The third-order valence-electron chi connectivity index (χ3n) is 2.80. The van der Waals surface area contributed by atoms with Gasteiger partial charge in [-0.3, -0.25) is 10.1 Å². The van der Waals surface area contributed by atoms with Crippen LogP contribution in [0.25, 0.3) is 0 Å². The highest BCUT2D eigenvalue weighted by atomic mass is 32.1. The molecule has 2 aromatic rings. The molecule has 0 unspecified atom stereocenters. The lowest BCUT2D eigenvalue weighted by atomic mass is 10.1. The fraction of sp³-hybridized carbons (Fsp3) is 0.231. The van der Waals surface area contributed by atoms with Gasteiger partial charge in [-0.15, -0.1) is 0 Å². The minimum Gasteiger partial charge on any atom is -0.312 e. The predicted molar refractivity (Wildman–Crippen MR) is 72.7 cm³/mol. The standard InChI is InChI=1S/C13H12F2N2O2S/c14-11-6-12(15)13(17(18)19)5-10(11)7-16-3-1-9-2-4-20-8-9/h2,4-6,8,16H,1,3,7H2. The third-order valence-corrected chi connectivity index (χ3v) is 3.53. The van der Waals surface area contributed by atoms with Gasteiger partial charge in [0, 0.05) is 24.2 Å². The zero-order valence-electron chi connectivity index (χ0n) is 10.4. The fourth-order valence-electron chi connectivity index (χ4n) is 1.75. The fourth-order valence-corrected chi connectivity index (χ4v) is 2.45. The number of nitro groups is 1. The highest BCUT2D eigenvalue weighted by Gasteiger charge is 2.18. The number of nitrogens with zero attached hydrogens (tertiary/aromatic N) is 1. The molecule has 20 heavy (non-hydrogen) atoms. The number of thiophene rings is 1. The number of nitrogens with one attached hydrogen (secondary N) is 1. The maximum absolute atomic E-state index is 13.5. The van der Waals surface area contributed by atoms with Crippen molar-refractivity contribution >= 4 is 17.0 Å². The molecule has 0 bridgehead atoms. The molecular weight excluding hydrogens is 286 g/mol. The second-order valence-corrected chi connectivity index (χ2v) is 4.99. The first-order valence-corrected chi connectivity index (χ1v) is 6.86. The minimum atomic E-state index is -1.16. The number of benzene rings is 1. The van der Waals surface area contributed by atoms with Gasteiger partial charge in [0.05, 0.1) is 4.92 Å². The first-order chi connectivity index (χ1) is 9.58. The first-order valence-electron chi connectivity index (χ1n) is 5.92. The normalized spacial score (nSPS) is 10.7. The van der Waals surface area contributed by atoms with Gasteiger partial charge in [0.25, 0.3) is 0 Å². The molecule has 4 nitrogen and oxygen atoms in total. The second-order valence-electron chi connectivity index (χ2n) is 4.21. The highest BCUT2D eigenvalue weighted by Crippen LogP contribution is 2.21. The summed E-state index contributed by atoms with van der Waals surface area (Å²) in [5, 5.41) is 17.6. The number of rotatable bonds is 6. The molecule has 0 aliphatic carbocycles. The van der Waals surface area contributed by atoms with Crippen molar-refractivity contribution in [3.8, 4) is 0 Å². The minimum absolute atomic E-state index is 0.0865. The van der Waals surface area contributed by atoms with Crippen LogP contribution in [0.2, 0.25) is 0 Å². The number of hydrogen-bond acceptors (Lipinski definition) is 4. The molecule has 1 aromatic carbocycles. The molecule has 0 aliphatic heterocycles. The Kier molecular flexibility index (Phi) is 4.75. The van der Waals surface area contributed by atoms with Crippen molar-refractivity contribution in [2.75, 3.05) is 6.54 Å². The van der Waals surface area contributed by atoms with Gasteiger partial charge in [0.15, 0.2) is 0 Å². The van der Waals surface area contributed by atoms with E-state index in [1.807, 2.05) is 16.8 Å². The Hall–Kier alpha value is -1.86. The predicted octanol–water partition coefficient (Wildman–Crippen LogP) is 3.27. The Morgan fingerprint density at radius 1 is 1.30 bits per heavy atom. The smallest absolute Gasteiger partial charge is 0.305 e. The van der Waals surface area contributed by atoms with E-state index >= 15 is 0 Å². The summed E-state index contributed by atoms with van der Waals surface area (Å²) in [5.74, 6) is -1.94. The molecule has 0 radical (unpaired) electrons. The first kappa shape index (κ1) is 14.5. The Morgan fingerprint density at radius 2 is 2.10 bits per heavy atom.